The van der Waals surface area contributed by atoms with Crippen LogP contribution in [0.3, 0.4) is 0 Å². The van der Waals surface area contributed by atoms with Crippen LogP contribution in [-0.4, -0.2) is 25.0 Å². The number of nitrogens with one attached hydrogen (secondary N) is 1. The molecule has 31 heavy (non-hydrogen) atoms. The van der Waals surface area contributed by atoms with Crippen molar-refractivity contribution in [2.24, 2.45) is 0 Å². The van der Waals surface area contributed by atoms with Gasteiger partial charge in [0.25, 0.3) is 5.91 Å². The third-order valence-corrected chi connectivity index (χ3v) is 5.44. The van der Waals surface area contributed by atoms with Crippen molar-refractivity contribution >= 4 is 23.2 Å². The number of fused-ring (bicyclic) bond motifs is 1. The summed E-state index contributed by atoms with van der Waals surface area (Å²) in [6.45, 7) is 3.23. The van der Waals surface area contributed by atoms with Crippen molar-refractivity contribution in [1.29, 1.82) is 0 Å². The van der Waals surface area contributed by atoms with Gasteiger partial charge in [0.2, 0.25) is 5.91 Å². The highest BCUT2D eigenvalue weighted by Gasteiger charge is 2.25. The topological polar surface area (TPSA) is 58.6 Å². The molecule has 1 heterocycles. The fraction of sp³-hybridized carbons (Fsp3) is 0.231. The van der Waals surface area contributed by atoms with E-state index in [9.17, 15) is 9.59 Å². The van der Waals surface area contributed by atoms with Gasteiger partial charge in [-0.25, -0.2) is 0 Å². The number of amides is 2. The zero-order valence-corrected chi connectivity index (χ0v) is 17.6. The highest BCUT2D eigenvalue weighted by Crippen LogP contribution is 2.29. The van der Waals surface area contributed by atoms with Gasteiger partial charge in [-0.15, -0.1) is 0 Å². The summed E-state index contributed by atoms with van der Waals surface area (Å²) in [6.07, 6.45) is 1.84. The Balaban J connectivity index is 1.35. The summed E-state index contributed by atoms with van der Waals surface area (Å²) < 4.78 is 5.62. The standard InChI is InChI=1S/C26H26N2O3/c1-2-31-24-10-6-4-8-20(24)13-16-25(29)27-22-14-11-21(12-15-22)26(30)28-18-17-19-7-3-5-9-23(19)28/h3-12,14-15H,2,13,16-18H2,1H3,(H,27,29). The molecular weight excluding hydrogens is 388 g/mol. The third-order valence-electron chi connectivity index (χ3n) is 5.44. The van der Waals surface area contributed by atoms with Crippen LogP contribution in [0.15, 0.2) is 72.8 Å². The van der Waals surface area contributed by atoms with Crippen molar-refractivity contribution in [2.45, 2.75) is 26.2 Å². The van der Waals surface area contributed by atoms with Crippen molar-refractivity contribution in [2.75, 3.05) is 23.4 Å². The quantitative estimate of drug-likeness (QED) is 0.601. The third kappa shape index (κ3) is 4.77. The molecule has 0 bridgehead atoms. The van der Waals surface area contributed by atoms with E-state index in [0.717, 1.165) is 23.4 Å². The molecule has 3 aromatic rings. The molecule has 5 nitrogen and oxygen atoms in total. The Hall–Kier alpha value is -3.60. The predicted octanol–water partition coefficient (Wildman–Crippen LogP) is 4.86. The Morgan fingerprint density at radius 3 is 2.52 bits per heavy atom. The highest BCUT2D eigenvalue weighted by atomic mass is 16.5. The maximum Gasteiger partial charge on any atom is 0.258 e. The zero-order valence-electron chi connectivity index (χ0n) is 17.6. The number of hydrogen-bond acceptors (Lipinski definition) is 3. The summed E-state index contributed by atoms with van der Waals surface area (Å²) >= 11 is 0. The van der Waals surface area contributed by atoms with Gasteiger partial charge in [-0.2, -0.15) is 0 Å². The van der Waals surface area contributed by atoms with Crippen LogP contribution < -0.4 is 15.0 Å². The molecule has 1 aliphatic rings. The first-order valence-electron chi connectivity index (χ1n) is 10.7. The Morgan fingerprint density at radius 2 is 1.71 bits per heavy atom. The zero-order chi connectivity index (χ0) is 21.6. The van der Waals surface area contributed by atoms with Crippen molar-refractivity contribution in [3.05, 3.63) is 89.5 Å². The lowest BCUT2D eigenvalue weighted by atomic mass is 10.1. The fourth-order valence-electron chi connectivity index (χ4n) is 3.88. The molecule has 0 radical (unpaired) electrons. The number of aryl methyl sites for hydroxylation is 1. The summed E-state index contributed by atoms with van der Waals surface area (Å²) in [7, 11) is 0. The molecule has 0 saturated heterocycles. The molecule has 1 aliphatic heterocycles. The summed E-state index contributed by atoms with van der Waals surface area (Å²) in [5, 5.41) is 2.91. The van der Waals surface area contributed by atoms with Gasteiger partial charge in [-0.3, -0.25) is 9.59 Å². The van der Waals surface area contributed by atoms with E-state index in [1.807, 2.05) is 54.3 Å². The van der Waals surface area contributed by atoms with Crippen LogP contribution in [0.5, 0.6) is 5.75 Å². The summed E-state index contributed by atoms with van der Waals surface area (Å²) in [4.78, 5) is 27.1. The van der Waals surface area contributed by atoms with Crippen LogP contribution in [0, 0.1) is 0 Å². The number of ether oxygens (including phenoxy) is 1. The average Bonchev–Trinajstić information content (AvgIpc) is 3.23. The van der Waals surface area contributed by atoms with Crippen molar-refractivity contribution in [1.82, 2.24) is 0 Å². The Morgan fingerprint density at radius 1 is 0.968 bits per heavy atom. The monoisotopic (exact) mass is 414 g/mol. The van der Waals surface area contributed by atoms with Crippen molar-refractivity contribution in [3.63, 3.8) is 0 Å². The first-order chi connectivity index (χ1) is 15.2. The van der Waals surface area contributed by atoms with Gasteiger partial charge in [0.1, 0.15) is 5.75 Å². The SMILES string of the molecule is CCOc1ccccc1CCC(=O)Nc1ccc(C(=O)N2CCc3ccccc32)cc1. The number of benzene rings is 3. The minimum absolute atomic E-state index is 0.0182. The van der Waals surface area contributed by atoms with Gasteiger partial charge < -0.3 is 15.0 Å². The first-order valence-corrected chi connectivity index (χ1v) is 10.7. The highest BCUT2D eigenvalue weighted by molar-refractivity contribution is 6.07. The van der Waals surface area contributed by atoms with E-state index in [0.29, 0.717) is 37.2 Å². The number of nitrogens with zero attached hydrogens (tertiary/aromatic N) is 1. The molecule has 2 amide bonds. The van der Waals surface area contributed by atoms with Crippen LogP contribution in [-0.2, 0) is 17.6 Å². The Kier molecular flexibility index (Phi) is 6.32. The normalized spacial score (nSPS) is 12.4. The van der Waals surface area contributed by atoms with Gasteiger partial charge in [-0.1, -0.05) is 36.4 Å². The van der Waals surface area contributed by atoms with E-state index >= 15 is 0 Å². The number of para-hydroxylation sites is 2. The molecule has 0 spiro atoms. The maximum atomic E-state index is 12.9. The van der Waals surface area contributed by atoms with Crippen molar-refractivity contribution < 1.29 is 14.3 Å². The fourth-order valence-corrected chi connectivity index (χ4v) is 3.88. The van der Waals surface area contributed by atoms with E-state index in [1.165, 1.54) is 5.56 Å². The molecule has 0 fully saturated rings. The van der Waals surface area contributed by atoms with Crippen LogP contribution >= 0.6 is 0 Å². The number of hydrogen-bond donors (Lipinski definition) is 1. The van der Waals surface area contributed by atoms with Gasteiger partial charge >= 0.3 is 0 Å². The molecular formula is C26H26N2O3. The summed E-state index contributed by atoms with van der Waals surface area (Å²) in [5.41, 5.74) is 4.50. The lowest BCUT2D eigenvalue weighted by Crippen LogP contribution is -2.28. The predicted molar refractivity (Wildman–Crippen MR) is 123 cm³/mol. The molecule has 158 valence electrons. The maximum absolute atomic E-state index is 12.9. The lowest BCUT2D eigenvalue weighted by molar-refractivity contribution is -0.116. The Labute approximate surface area is 182 Å². The van der Waals surface area contributed by atoms with Gasteiger partial charge in [0.05, 0.1) is 6.61 Å². The minimum Gasteiger partial charge on any atom is -0.494 e. The largest absolute Gasteiger partial charge is 0.494 e. The molecule has 0 saturated carbocycles. The molecule has 1 N–H and O–H groups in total. The van der Waals surface area contributed by atoms with Gasteiger partial charge in [-0.05, 0) is 67.3 Å². The van der Waals surface area contributed by atoms with E-state index < -0.39 is 0 Å². The van der Waals surface area contributed by atoms with E-state index in [4.69, 9.17) is 4.74 Å². The number of carbonyl (C=O) groups excluding carboxylic acids is 2. The lowest BCUT2D eigenvalue weighted by Gasteiger charge is -2.17. The van der Waals surface area contributed by atoms with Crippen molar-refractivity contribution in [3.8, 4) is 5.75 Å². The van der Waals surface area contributed by atoms with Crippen LogP contribution in [0.1, 0.15) is 34.8 Å². The molecule has 0 aromatic heterocycles. The first kappa shape index (κ1) is 20.7. The van der Waals surface area contributed by atoms with E-state index in [-0.39, 0.29) is 11.8 Å². The summed E-state index contributed by atoms with van der Waals surface area (Å²) in [5.74, 6) is 0.735. The second-order valence-electron chi connectivity index (χ2n) is 7.50. The molecule has 3 aromatic carbocycles. The van der Waals surface area contributed by atoms with E-state index in [1.54, 1.807) is 24.3 Å². The molecule has 0 atom stereocenters. The van der Waals surface area contributed by atoms with E-state index in [2.05, 4.69) is 11.4 Å². The molecule has 4 rings (SSSR count). The molecule has 0 unspecified atom stereocenters. The van der Waals surface area contributed by atoms with Gasteiger partial charge in [0, 0.05) is 29.9 Å². The number of carbonyl (C=O) groups is 2. The minimum atomic E-state index is -0.0705. The van der Waals surface area contributed by atoms with Crippen LogP contribution in [0.25, 0.3) is 0 Å². The van der Waals surface area contributed by atoms with Crippen LogP contribution in [0.2, 0.25) is 0 Å². The second kappa shape index (κ2) is 9.47. The smallest absolute Gasteiger partial charge is 0.258 e. The second-order valence-corrected chi connectivity index (χ2v) is 7.50. The number of anilines is 2. The van der Waals surface area contributed by atoms with Gasteiger partial charge in [0.15, 0.2) is 0 Å². The molecule has 0 aliphatic carbocycles. The average molecular weight is 415 g/mol. The summed E-state index contributed by atoms with van der Waals surface area (Å²) in [6, 6.07) is 22.9. The van der Waals surface area contributed by atoms with Crippen LogP contribution in [0.4, 0.5) is 11.4 Å². The molecule has 5 heteroatoms. The number of rotatable bonds is 7. The Bertz CT molecular complexity index is 1080.